The largest absolute Gasteiger partial charge is 0.379 e. The SMILES string of the molecule is Cc1noc(C)c1S(=O)(=O)N1CCC(N(CCN2CCOCC2)S(C)(=O)=O)C1. The summed E-state index contributed by atoms with van der Waals surface area (Å²) < 4.78 is 63.8. The summed E-state index contributed by atoms with van der Waals surface area (Å²) in [6, 6.07) is -0.383. The summed E-state index contributed by atoms with van der Waals surface area (Å²) in [4.78, 5) is 2.24. The lowest BCUT2D eigenvalue weighted by molar-refractivity contribution is 0.0354. The molecule has 1 unspecified atom stereocenters. The molecule has 10 nitrogen and oxygen atoms in total. The molecule has 2 aliphatic heterocycles. The summed E-state index contributed by atoms with van der Waals surface area (Å²) in [6.45, 7) is 7.31. The van der Waals surface area contributed by atoms with Crippen molar-refractivity contribution in [3.63, 3.8) is 0 Å². The van der Waals surface area contributed by atoms with Crippen molar-refractivity contribution in [2.24, 2.45) is 0 Å². The monoisotopic (exact) mass is 436 g/mol. The van der Waals surface area contributed by atoms with E-state index >= 15 is 0 Å². The molecule has 12 heteroatoms. The smallest absolute Gasteiger partial charge is 0.248 e. The number of sulfonamides is 2. The predicted molar refractivity (Wildman–Crippen MR) is 102 cm³/mol. The van der Waals surface area contributed by atoms with Gasteiger partial charge in [-0.1, -0.05) is 5.16 Å². The zero-order valence-corrected chi connectivity index (χ0v) is 18.1. The fourth-order valence-corrected chi connectivity index (χ4v) is 6.73. The number of aromatic nitrogens is 1. The van der Waals surface area contributed by atoms with Gasteiger partial charge in [-0.15, -0.1) is 0 Å². The standard InChI is InChI=1S/C16H28N4O6S2/c1-13-16(14(2)26-17-13)28(23,24)19-5-4-15(12-19)20(27(3,21)22)7-6-18-8-10-25-11-9-18/h15H,4-12H2,1-3H3. The molecule has 0 radical (unpaired) electrons. The topological polar surface area (TPSA) is 113 Å². The zero-order chi connectivity index (χ0) is 20.5. The van der Waals surface area contributed by atoms with Crippen LogP contribution in [0.25, 0.3) is 0 Å². The van der Waals surface area contributed by atoms with Crippen molar-refractivity contribution >= 4 is 20.0 Å². The van der Waals surface area contributed by atoms with Crippen LogP contribution in [0.15, 0.2) is 9.42 Å². The third-order valence-corrected chi connectivity index (χ3v) is 8.71. The molecule has 3 heterocycles. The van der Waals surface area contributed by atoms with E-state index in [1.54, 1.807) is 13.8 Å². The number of rotatable bonds is 7. The van der Waals surface area contributed by atoms with Gasteiger partial charge in [0.25, 0.3) is 0 Å². The molecule has 2 saturated heterocycles. The maximum Gasteiger partial charge on any atom is 0.248 e. The Morgan fingerprint density at radius 2 is 1.82 bits per heavy atom. The molecule has 160 valence electrons. The molecule has 1 atom stereocenters. The molecule has 1 aromatic heterocycles. The van der Waals surface area contributed by atoms with E-state index in [-0.39, 0.29) is 29.8 Å². The lowest BCUT2D eigenvalue weighted by Gasteiger charge is -2.31. The Balaban J connectivity index is 1.72. The number of aryl methyl sites for hydroxylation is 2. The van der Waals surface area contributed by atoms with Crippen LogP contribution in [0.1, 0.15) is 17.9 Å². The first-order chi connectivity index (χ1) is 13.1. The maximum atomic E-state index is 13.0. The van der Waals surface area contributed by atoms with Gasteiger partial charge in [-0.2, -0.15) is 8.61 Å². The second kappa shape index (κ2) is 8.36. The fourth-order valence-electron chi connectivity index (χ4n) is 3.82. The lowest BCUT2D eigenvalue weighted by atomic mass is 10.2. The Kier molecular flexibility index (Phi) is 6.47. The molecule has 0 aromatic carbocycles. The van der Waals surface area contributed by atoms with Crippen LogP contribution >= 0.6 is 0 Å². The Morgan fingerprint density at radius 3 is 2.39 bits per heavy atom. The second-order valence-electron chi connectivity index (χ2n) is 7.29. The maximum absolute atomic E-state index is 13.0. The molecule has 0 bridgehead atoms. The van der Waals surface area contributed by atoms with Gasteiger partial charge in [0, 0.05) is 45.3 Å². The van der Waals surface area contributed by atoms with E-state index in [9.17, 15) is 16.8 Å². The molecule has 0 N–H and O–H groups in total. The number of hydrogen-bond acceptors (Lipinski definition) is 8. The van der Waals surface area contributed by atoms with Crippen LogP contribution < -0.4 is 0 Å². The molecule has 0 spiro atoms. The highest BCUT2D eigenvalue weighted by molar-refractivity contribution is 7.89. The van der Waals surface area contributed by atoms with Gasteiger partial charge in [-0.05, 0) is 20.3 Å². The van der Waals surface area contributed by atoms with Gasteiger partial charge in [0.2, 0.25) is 20.0 Å². The van der Waals surface area contributed by atoms with Crippen molar-refractivity contribution in [2.75, 3.05) is 58.7 Å². The zero-order valence-electron chi connectivity index (χ0n) is 16.5. The van der Waals surface area contributed by atoms with E-state index in [4.69, 9.17) is 9.26 Å². The van der Waals surface area contributed by atoms with Gasteiger partial charge in [0.05, 0.1) is 19.5 Å². The van der Waals surface area contributed by atoms with Crippen LogP contribution in [0.5, 0.6) is 0 Å². The quantitative estimate of drug-likeness (QED) is 0.570. The molecular weight excluding hydrogens is 408 g/mol. The molecule has 2 aliphatic rings. The Morgan fingerprint density at radius 1 is 1.14 bits per heavy atom. The fraction of sp³-hybridized carbons (Fsp3) is 0.812. The van der Waals surface area contributed by atoms with Crippen LogP contribution in [0, 0.1) is 13.8 Å². The first-order valence-electron chi connectivity index (χ1n) is 9.30. The summed E-state index contributed by atoms with van der Waals surface area (Å²) in [6.07, 6.45) is 1.64. The van der Waals surface area contributed by atoms with Crippen LogP contribution in [0.2, 0.25) is 0 Å². The first kappa shape index (κ1) is 21.7. The number of ether oxygens (including phenoxy) is 1. The molecule has 3 rings (SSSR count). The Bertz CT molecular complexity index is 873. The molecular formula is C16H28N4O6S2. The predicted octanol–water partition coefficient (Wildman–Crippen LogP) is -0.352. The van der Waals surface area contributed by atoms with Gasteiger partial charge in [-0.25, -0.2) is 16.8 Å². The normalized spacial score (nSPS) is 22.9. The molecule has 0 aliphatic carbocycles. The van der Waals surface area contributed by atoms with Gasteiger partial charge in [0.15, 0.2) is 5.76 Å². The minimum absolute atomic E-state index is 0.0763. The minimum atomic E-state index is -3.78. The summed E-state index contributed by atoms with van der Waals surface area (Å²) in [5, 5.41) is 3.73. The van der Waals surface area contributed by atoms with Gasteiger partial charge >= 0.3 is 0 Å². The van der Waals surface area contributed by atoms with Crippen molar-refractivity contribution in [2.45, 2.75) is 31.2 Å². The Labute approximate surface area is 166 Å². The van der Waals surface area contributed by atoms with E-state index < -0.39 is 20.0 Å². The van der Waals surface area contributed by atoms with Crippen molar-refractivity contribution in [1.29, 1.82) is 0 Å². The molecule has 1 aromatic rings. The van der Waals surface area contributed by atoms with Gasteiger partial charge in [0.1, 0.15) is 10.6 Å². The highest BCUT2D eigenvalue weighted by Crippen LogP contribution is 2.28. The van der Waals surface area contributed by atoms with Crippen LogP contribution in [0.3, 0.4) is 0 Å². The van der Waals surface area contributed by atoms with Crippen molar-refractivity contribution in [3.05, 3.63) is 11.5 Å². The molecule has 0 amide bonds. The summed E-state index contributed by atoms with van der Waals surface area (Å²) in [5.74, 6) is 0.244. The van der Waals surface area contributed by atoms with Gasteiger partial charge in [-0.3, -0.25) is 4.90 Å². The van der Waals surface area contributed by atoms with E-state index in [0.717, 1.165) is 13.1 Å². The average molecular weight is 437 g/mol. The van der Waals surface area contributed by atoms with E-state index in [2.05, 4.69) is 10.1 Å². The van der Waals surface area contributed by atoms with E-state index in [1.165, 1.54) is 14.9 Å². The van der Waals surface area contributed by atoms with E-state index in [1.807, 2.05) is 0 Å². The first-order valence-corrected chi connectivity index (χ1v) is 12.6. The lowest BCUT2D eigenvalue weighted by Crippen LogP contribution is -2.47. The summed E-state index contributed by atoms with van der Waals surface area (Å²) in [5.41, 5.74) is 0.313. The van der Waals surface area contributed by atoms with E-state index in [0.29, 0.717) is 38.4 Å². The minimum Gasteiger partial charge on any atom is -0.379 e. The highest BCUT2D eigenvalue weighted by Gasteiger charge is 2.40. The second-order valence-corrected chi connectivity index (χ2v) is 11.1. The molecule has 28 heavy (non-hydrogen) atoms. The Hall–Kier alpha value is -1.05. The molecule has 0 saturated carbocycles. The average Bonchev–Trinajstić information content (AvgIpc) is 3.22. The number of nitrogens with zero attached hydrogens (tertiary/aromatic N) is 4. The van der Waals surface area contributed by atoms with Crippen molar-refractivity contribution < 1.29 is 26.1 Å². The van der Waals surface area contributed by atoms with Crippen LogP contribution in [-0.2, 0) is 24.8 Å². The third kappa shape index (κ3) is 4.57. The van der Waals surface area contributed by atoms with Crippen LogP contribution in [-0.4, -0.2) is 100 Å². The third-order valence-electron chi connectivity index (χ3n) is 5.27. The van der Waals surface area contributed by atoms with Crippen molar-refractivity contribution in [1.82, 2.24) is 18.7 Å². The van der Waals surface area contributed by atoms with Gasteiger partial charge < -0.3 is 9.26 Å². The molecule has 2 fully saturated rings. The summed E-state index contributed by atoms with van der Waals surface area (Å²) in [7, 11) is -7.24. The summed E-state index contributed by atoms with van der Waals surface area (Å²) >= 11 is 0. The highest BCUT2D eigenvalue weighted by atomic mass is 32.2. The van der Waals surface area contributed by atoms with Crippen LogP contribution in [0.4, 0.5) is 0 Å². The van der Waals surface area contributed by atoms with Crippen molar-refractivity contribution in [3.8, 4) is 0 Å². The number of hydrogen-bond donors (Lipinski definition) is 0. The number of morpholine rings is 1.